The van der Waals surface area contributed by atoms with Gasteiger partial charge in [-0.15, -0.1) is 0 Å². The van der Waals surface area contributed by atoms with E-state index >= 15 is 0 Å². The van der Waals surface area contributed by atoms with Crippen molar-refractivity contribution in [2.75, 3.05) is 20.3 Å². The monoisotopic (exact) mass is 269 g/mol. The van der Waals surface area contributed by atoms with Crippen molar-refractivity contribution < 1.29 is 9.84 Å². The van der Waals surface area contributed by atoms with Gasteiger partial charge in [0.15, 0.2) is 0 Å². The molecule has 1 aliphatic heterocycles. The Labute approximate surface area is 113 Å². The van der Waals surface area contributed by atoms with E-state index in [-0.39, 0.29) is 6.61 Å². The molecule has 2 rings (SSSR count). The lowest BCUT2D eigenvalue weighted by atomic mass is 10.0. The molecule has 4 heteroatoms. The van der Waals surface area contributed by atoms with E-state index in [9.17, 15) is 5.11 Å². The van der Waals surface area contributed by atoms with Crippen LogP contribution >= 0.6 is 11.6 Å². The van der Waals surface area contributed by atoms with Gasteiger partial charge in [0, 0.05) is 12.6 Å². The second-order valence-corrected chi connectivity index (χ2v) is 5.18. The van der Waals surface area contributed by atoms with E-state index in [1.165, 1.54) is 18.4 Å². The van der Waals surface area contributed by atoms with Crippen molar-refractivity contribution in [3.05, 3.63) is 28.8 Å². The predicted octanol–water partition coefficient (Wildman–Crippen LogP) is 2.70. The minimum absolute atomic E-state index is 0.240. The summed E-state index contributed by atoms with van der Waals surface area (Å²) >= 11 is 6.12. The third kappa shape index (κ3) is 3.16. The number of halogens is 1. The maximum absolute atomic E-state index is 9.39. The first-order chi connectivity index (χ1) is 8.74. The number of hydrogen-bond acceptors (Lipinski definition) is 3. The number of aliphatic hydroxyl groups is 1. The third-order valence-corrected chi connectivity index (χ3v) is 3.86. The maximum Gasteiger partial charge on any atom is 0.137 e. The van der Waals surface area contributed by atoms with Gasteiger partial charge >= 0.3 is 0 Å². The average Bonchev–Trinajstić information content (AvgIpc) is 2.39. The van der Waals surface area contributed by atoms with Gasteiger partial charge in [-0.1, -0.05) is 24.1 Å². The Morgan fingerprint density at radius 2 is 2.28 bits per heavy atom. The molecule has 0 bridgehead atoms. The fourth-order valence-corrected chi connectivity index (χ4v) is 2.80. The molecule has 0 radical (unpaired) electrons. The van der Waals surface area contributed by atoms with Crippen LogP contribution in [0, 0.1) is 0 Å². The van der Waals surface area contributed by atoms with Crippen LogP contribution in [0.15, 0.2) is 18.2 Å². The number of rotatable bonds is 4. The van der Waals surface area contributed by atoms with E-state index in [0.717, 1.165) is 19.5 Å². The summed E-state index contributed by atoms with van der Waals surface area (Å²) in [4.78, 5) is 2.33. The minimum atomic E-state index is 0.240. The van der Waals surface area contributed by atoms with Crippen molar-refractivity contribution in [1.29, 1.82) is 0 Å². The van der Waals surface area contributed by atoms with Gasteiger partial charge in [-0.25, -0.2) is 0 Å². The quantitative estimate of drug-likeness (QED) is 0.912. The van der Waals surface area contributed by atoms with Crippen molar-refractivity contribution in [2.24, 2.45) is 0 Å². The Balaban J connectivity index is 2.05. The standard InChI is InChI=1S/C14H20ClNO2/c1-18-14-6-5-11(8-13(14)15)9-16-7-3-2-4-12(16)10-17/h5-6,8,12,17H,2-4,7,9-10H2,1H3. The van der Waals surface area contributed by atoms with Crippen LogP contribution in [0.2, 0.25) is 5.02 Å². The lowest BCUT2D eigenvalue weighted by Crippen LogP contribution is -2.41. The average molecular weight is 270 g/mol. The summed E-state index contributed by atoms with van der Waals surface area (Å²) < 4.78 is 5.15. The molecule has 100 valence electrons. The van der Waals surface area contributed by atoms with E-state index in [0.29, 0.717) is 16.8 Å². The lowest BCUT2D eigenvalue weighted by Gasteiger charge is -2.34. The Kier molecular flexibility index (Phi) is 4.87. The van der Waals surface area contributed by atoms with Gasteiger partial charge < -0.3 is 9.84 Å². The molecule has 0 aliphatic carbocycles. The van der Waals surface area contributed by atoms with Crippen molar-refractivity contribution in [3.63, 3.8) is 0 Å². The highest BCUT2D eigenvalue weighted by molar-refractivity contribution is 6.32. The number of likely N-dealkylation sites (tertiary alicyclic amines) is 1. The molecule has 0 amide bonds. The predicted molar refractivity (Wildman–Crippen MR) is 73.1 cm³/mol. The topological polar surface area (TPSA) is 32.7 Å². The number of aliphatic hydroxyl groups excluding tert-OH is 1. The summed E-state index contributed by atoms with van der Waals surface area (Å²) in [6, 6.07) is 6.17. The highest BCUT2D eigenvalue weighted by Crippen LogP contribution is 2.26. The fraction of sp³-hybridized carbons (Fsp3) is 0.571. The van der Waals surface area contributed by atoms with Crippen molar-refractivity contribution in [3.8, 4) is 5.75 Å². The molecule has 3 nitrogen and oxygen atoms in total. The molecule has 18 heavy (non-hydrogen) atoms. The van der Waals surface area contributed by atoms with Crippen molar-refractivity contribution in [1.82, 2.24) is 4.90 Å². The normalized spacial score (nSPS) is 20.9. The molecule has 0 aromatic heterocycles. The molecule has 1 N–H and O–H groups in total. The Morgan fingerprint density at radius 1 is 1.44 bits per heavy atom. The van der Waals surface area contributed by atoms with Gasteiger partial charge in [0.1, 0.15) is 5.75 Å². The van der Waals surface area contributed by atoms with Crippen LogP contribution in [-0.2, 0) is 6.54 Å². The molecule has 1 saturated heterocycles. The zero-order valence-corrected chi connectivity index (χ0v) is 11.5. The smallest absolute Gasteiger partial charge is 0.137 e. The molecule has 1 fully saturated rings. The van der Waals surface area contributed by atoms with Crippen LogP contribution in [0.1, 0.15) is 24.8 Å². The Hall–Kier alpha value is -0.770. The Bertz CT molecular complexity index is 397. The largest absolute Gasteiger partial charge is 0.495 e. The number of benzene rings is 1. The van der Waals surface area contributed by atoms with Crippen LogP contribution in [-0.4, -0.2) is 36.3 Å². The van der Waals surface area contributed by atoms with Crippen LogP contribution in [0.5, 0.6) is 5.75 Å². The highest BCUT2D eigenvalue weighted by atomic mass is 35.5. The number of methoxy groups -OCH3 is 1. The second-order valence-electron chi connectivity index (χ2n) is 4.77. The van der Waals surface area contributed by atoms with Gasteiger partial charge in [-0.05, 0) is 37.1 Å². The summed E-state index contributed by atoms with van der Waals surface area (Å²) in [5.74, 6) is 0.706. The molecular formula is C14H20ClNO2. The summed E-state index contributed by atoms with van der Waals surface area (Å²) in [5, 5.41) is 10.0. The first kappa shape index (κ1) is 13.7. The van der Waals surface area contributed by atoms with E-state index in [2.05, 4.69) is 4.90 Å². The molecule has 0 saturated carbocycles. The maximum atomic E-state index is 9.39. The molecule has 1 aromatic rings. The lowest BCUT2D eigenvalue weighted by molar-refractivity contribution is 0.0841. The fourth-order valence-electron chi connectivity index (χ4n) is 2.52. The minimum Gasteiger partial charge on any atom is -0.495 e. The molecule has 0 spiro atoms. The molecule has 1 aliphatic rings. The SMILES string of the molecule is COc1ccc(CN2CCCCC2CO)cc1Cl. The van der Waals surface area contributed by atoms with Gasteiger partial charge in [-0.3, -0.25) is 4.90 Å². The summed E-state index contributed by atoms with van der Waals surface area (Å²) in [5.41, 5.74) is 1.17. The Morgan fingerprint density at radius 3 is 2.94 bits per heavy atom. The van der Waals surface area contributed by atoms with E-state index in [1.807, 2.05) is 18.2 Å². The zero-order chi connectivity index (χ0) is 13.0. The molecular weight excluding hydrogens is 250 g/mol. The van der Waals surface area contributed by atoms with Crippen LogP contribution in [0.3, 0.4) is 0 Å². The summed E-state index contributed by atoms with van der Waals surface area (Å²) in [6.07, 6.45) is 3.51. The van der Waals surface area contributed by atoms with Gasteiger partial charge in [0.25, 0.3) is 0 Å². The van der Waals surface area contributed by atoms with E-state index in [4.69, 9.17) is 16.3 Å². The van der Waals surface area contributed by atoms with Gasteiger partial charge in [0.2, 0.25) is 0 Å². The third-order valence-electron chi connectivity index (χ3n) is 3.56. The number of ether oxygens (including phenoxy) is 1. The number of piperidine rings is 1. The van der Waals surface area contributed by atoms with Crippen molar-refractivity contribution >= 4 is 11.6 Å². The second kappa shape index (κ2) is 6.41. The first-order valence-electron chi connectivity index (χ1n) is 6.42. The van der Waals surface area contributed by atoms with Crippen LogP contribution in [0.25, 0.3) is 0 Å². The summed E-state index contributed by atoms with van der Waals surface area (Å²) in [7, 11) is 1.62. The zero-order valence-electron chi connectivity index (χ0n) is 10.7. The van der Waals surface area contributed by atoms with Crippen LogP contribution in [0.4, 0.5) is 0 Å². The summed E-state index contributed by atoms with van der Waals surface area (Å²) in [6.45, 7) is 2.13. The number of hydrogen-bond donors (Lipinski definition) is 1. The molecule has 1 unspecified atom stereocenters. The number of nitrogens with zero attached hydrogens (tertiary/aromatic N) is 1. The van der Waals surface area contributed by atoms with Gasteiger partial charge in [0.05, 0.1) is 18.7 Å². The molecule has 1 atom stereocenters. The molecule has 1 heterocycles. The van der Waals surface area contributed by atoms with E-state index < -0.39 is 0 Å². The molecule has 1 aromatic carbocycles. The van der Waals surface area contributed by atoms with Gasteiger partial charge in [-0.2, -0.15) is 0 Å². The first-order valence-corrected chi connectivity index (χ1v) is 6.79. The highest BCUT2D eigenvalue weighted by Gasteiger charge is 2.21. The van der Waals surface area contributed by atoms with Crippen molar-refractivity contribution in [2.45, 2.75) is 31.8 Å². The van der Waals surface area contributed by atoms with E-state index in [1.54, 1.807) is 7.11 Å². The van der Waals surface area contributed by atoms with Crippen LogP contribution < -0.4 is 4.74 Å².